The van der Waals surface area contributed by atoms with E-state index in [0.29, 0.717) is 17.0 Å². The zero-order valence-electron chi connectivity index (χ0n) is 15.1. The molecule has 27 heavy (non-hydrogen) atoms. The van der Waals surface area contributed by atoms with Crippen LogP contribution >= 0.6 is 0 Å². The Kier molecular flexibility index (Phi) is 5.16. The van der Waals surface area contributed by atoms with Crippen molar-refractivity contribution in [2.75, 3.05) is 19.5 Å². The highest BCUT2D eigenvalue weighted by Gasteiger charge is 2.15. The van der Waals surface area contributed by atoms with E-state index in [1.54, 1.807) is 63.5 Å². The molecule has 8 heteroatoms. The zero-order chi connectivity index (χ0) is 19.4. The lowest BCUT2D eigenvalue weighted by atomic mass is 10.2. The number of nitrogens with one attached hydrogen (secondary N) is 1. The number of methoxy groups -OCH3 is 1. The van der Waals surface area contributed by atoms with E-state index in [2.05, 4.69) is 20.5 Å². The quantitative estimate of drug-likeness (QED) is 0.701. The van der Waals surface area contributed by atoms with Gasteiger partial charge in [0, 0.05) is 24.7 Å². The first kappa shape index (κ1) is 18.1. The molecule has 8 nitrogen and oxygen atoms in total. The fraction of sp³-hybridized carbons (Fsp3) is 0.158. The highest BCUT2D eigenvalue weighted by Crippen LogP contribution is 2.33. The van der Waals surface area contributed by atoms with Crippen molar-refractivity contribution < 1.29 is 9.84 Å². The number of anilines is 1. The smallest absolute Gasteiger partial charge is 0.279 e. The van der Waals surface area contributed by atoms with Crippen molar-refractivity contribution in [3.05, 3.63) is 64.6 Å². The van der Waals surface area contributed by atoms with E-state index in [4.69, 9.17) is 4.74 Å². The molecule has 0 aliphatic carbocycles. The lowest BCUT2D eigenvalue weighted by Crippen LogP contribution is -2.26. The molecule has 3 rings (SSSR count). The van der Waals surface area contributed by atoms with E-state index in [9.17, 15) is 9.90 Å². The van der Waals surface area contributed by atoms with Gasteiger partial charge in [-0.05, 0) is 43.3 Å². The summed E-state index contributed by atoms with van der Waals surface area (Å²) in [5, 5.41) is 24.0. The van der Waals surface area contributed by atoms with Gasteiger partial charge >= 0.3 is 0 Å². The highest BCUT2D eigenvalue weighted by atomic mass is 16.5. The van der Waals surface area contributed by atoms with Gasteiger partial charge in [-0.15, -0.1) is 5.11 Å². The van der Waals surface area contributed by atoms with E-state index >= 15 is 0 Å². The lowest BCUT2D eigenvalue weighted by Gasteiger charge is -2.21. The Bertz CT molecular complexity index is 1030. The molecule has 1 aromatic carbocycles. The van der Waals surface area contributed by atoms with Crippen LogP contribution in [0.25, 0.3) is 5.82 Å². The second kappa shape index (κ2) is 7.69. The predicted octanol–water partition coefficient (Wildman–Crippen LogP) is 3.08. The van der Waals surface area contributed by atoms with Gasteiger partial charge < -0.3 is 15.2 Å². The molecule has 0 unspecified atom stereocenters. The molecule has 0 aliphatic heterocycles. The molecule has 1 N–H and O–H groups in total. The van der Waals surface area contributed by atoms with Gasteiger partial charge in [0.1, 0.15) is 22.9 Å². The van der Waals surface area contributed by atoms with Crippen molar-refractivity contribution >= 4 is 17.1 Å². The average Bonchev–Trinajstić information content (AvgIpc) is 2.69. The van der Waals surface area contributed by atoms with Crippen LogP contribution in [-0.2, 0) is 0 Å². The van der Waals surface area contributed by atoms with Crippen LogP contribution in [0.15, 0.2) is 63.7 Å². The summed E-state index contributed by atoms with van der Waals surface area (Å²) >= 11 is 0. The van der Waals surface area contributed by atoms with E-state index in [-0.39, 0.29) is 17.2 Å². The van der Waals surface area contributed by atoms with Crippen LogP contribution < -0.4 is 20.7 Å². The van der Waals surface area contributed by atoms with Crippen LogP contribution in [0.4, 0.5) is 17.1 Å². The normalized spacial score (nSPS) is 10.9. The molecule has 2 aromatic heterocycles. The van der Waals surface area contributed by atoms with Gasteiger partial charge in [0.15, 0.2) is 0 Å². The molecule has 2 heterocycles. The Balaban J connectivity index is 2.14. The van der Waals surface area contributed by atoms with Gasteiger partial charge in [-0.2, -0.15) is 5.11 Å². The Labute approximate surface area is 155 Å². The first-order valence-corrected chi connectivity index (χ1v) is 8.18. The second-order valence-electron chi connectivity index (χ2n) is 5.63. The summed E-state index contributed by atoms with van der Waals surface area (Å²) in [5.41, 5.74) is 0.833. The second-order valence-corrected chi connectivity index (χ2v) is 5.63. The van der Waals surface area contributed by atoms with Crippen molar-refractivity contribution in [3.63, 3.8) is 0 Å². The van der Waals surface area contributed by atoms with E-state index in [0.717, 1.165) is 4.57 Å². The maximum atomic E-state index is 12.9. The lowest BCUT2D eigenvalue weighted by molar-refractivity contribution is -0.276. The highest BCUT2D eigenvalue weighted by molar-refractivity contribution is 5.66. The Morgan fingerprint density at radius 1 is 1.15 bits per heavy atom. The molecule has 0 amide bonds. The molecular formula is C19H18N5O3-. The molecule has 3 aromatic rings. The van der Waals surface area contributed by atoms with Crippen LogP contribution in [0.1, 0.15) is 5.56 Å². The minimum Gasteiger partial charge on any atom is -0.858 e. The maximum absolute atomic E-state index is 12.9. The summed E-state index contributed by atoms with van der Waals surface area (Å²) in [5.74, 6) is 0.341. The van der Waals surface area contributed by atoms with Gasteiger partial charge in [0.2, 0.25) is 0 Å². The van der Waals surface area contributed by atoms with E-state index in [1.807, 2.05) is 0 Å². The first-order valence-electron chi connectivity index (χ1n) is 8.18. The molecule has 0 spiro atoms. The molecule has 0 saturated carbocycles. The van der Waals surface area contributed by atoms with Crippen molar-refractivity contribution in [1.82, 2.24) is 9.55 Å². The SMILES string of the molecule is CNc1c(C)c(N=Nc2ccc(OC)cc2)c([O-])n(-c2ccccn2)c1=O. The first-order chi connectivity index (χ1) is 13.1. The molecule has 0 bridgehead atoms. The number of hydrogen-bond acceptors (Lipinski definition) is 7. The summed E-state index contributed by atoms with van der Waals surface area (Å²) in [4.78, 5) is 16.8. The summed E-state index contributed by atoms with van der Waals surface area (Å²) < 4.78 is 6.09. The summed E-state index contributed by atoms with van der Waals surface area (Å²) in [6.07, 6.45) is 1.51. The standard InChI is InChI=1S/C19H19N5O3/c1-12-16(20-2)18(25)24(15-6-4-5-11-21-15)19(26)17(12)23-22-13-7-9-14(27-3)10-8-13/h4-11,20,26H,1-3H3/p-1. The molecule has 0 saturated heterocycles. The third kappa shape index (κ3) is 3.50. The molecule has 0 fully saturated rings. The number of nitrogens with zero attached hydrogens (tertiary/aromatic N) is 4. The minimum atomic E-state index is -0.576. The number of rotatable bonds is 5. The van der Waals surface area contributed by atoms with Crippen molar-refractivity contribution in [2.24, 2.45) is 10.2 Å². The largest absolute Gasteiger partial charge is 0.858 e. The summed E-state index contributed by atoms with van der Waals surface area (Å²) in [7, 11) is 3.19. The average molecular weight is 364 g/mol. The molecule has 0 atom stereocenters. The molecule has 0 aliphatic rings. The van der Waals surface area contributed by atoms with Crippen LogP contribution in [0.2, 0.25) is 0 Å². The number of pyridine rings is 2. The number of benzene rings is 1. The van der Waals surface area contributed by atoms with Crippen LogP contribution in [0.3, 0.4) is 0 Å². The molecule has 0 radical (unpaired) electrons. The van der Waals surface area contributed by atoms with Crippen LogP contribution in [0, 0.1) is 6.92 Å². The maximum Gasteiger partial charge on any atom is 0.279 e. The Morgan fingerprint density at radius 2 is 1.89 bits per heavy atom. The minimum absolute atomic E-state index is 0.0698. The topological polar surface area (TPSA) is 104 Å². The fourth-order valence-corrected chi connectivity index (χ4v) is 2.61. The van der Waals surface area contributed by atoms with Gasteiger partial charge in [0.25, 0.3) is 5.56 Å². The predicted molar refractivity (Wildman–Crippen MR) is 101 cm³/mol. The van der Waals surface area contributed by atoms with Crippen LogP contribution in [-0.4, -0.2) is 23.7 Å². The van der Waals surface area contributed by atoms with Gasteiger partial charge in [-0.3, -0.25) is 9.36 Å². The van der Waals surface area contributed by atoms with Gasteiger partial charge in [-0.25, -0.2) is 4.98 Å². The monoisotopic (exact) mass is 364 g/mol. The van der Waals surface area contributed by atoms with E-state index < -0.39 is 11.4 Å². The zero-order valence-corrected chi connectivity index (χ0v) is 15.1. The summed E-state index contributed by atoms with van der Waals surface area (Å²) in [6.45, 7) is 1.65. The number of azo groups is 1. The van der Waals surface area contributed by atoms with Crippen LogP contribution in [0.5, 0.6) is 11.6 Å². The number of aromatic nitrogens is 2. The third-order valence-electron chi connectivity index (χ3n) is 4.02. The molecule has 138 valence electrons. The van der Waals surface area contributed by atoms with Gasteiger partial charge in [-0.1, -0.05) is 6.07 Å². The Hall–Kier alpha value is -3.68. The molecular weight excluding hydrogens is 346 g/mol. The van der Waals surface area contributed by atoms with Crippen molar-refractivity contribution in [1.29, 1.82) is 0 Å². The van der Waals surface area contributed by atoms with E-state index in [1.165, 1.54) is 6.20 Å². The van der Waals surface area contributed by atoms with Crippen molar-refractivity contribution in [3.8, 4) is 17.4 Å². The number of hydrogen-bond donors (Lipinski definition) is 1. The van der Waals surface area contributed by atoms with Gasteiger partial charge in [0.05, 0.1) is 12.8 Å². The Morgan fingerprint density at radius 3 is 2.48 bits per heavy atom. The third-order valence-corrected chi connectivity index (χ3v) is 4.02. The number of ether oxygens (including phenoxy) is 1. The van der Waals surface area contributed by atoms with Crippen molar-refractivity contribution in [2.45, 2.75) is 6.92 Å². The fourth-order valence-electron chi connectivity index (χ4n) is 2.61. The summed E-state index contributed by atoms with van der Waals surface area (Å²) in [6, 6.07) is 11.9.